The number of rotatable bonds is 3. The molecular weight excluding hydrogens is 346 g/mol. The summed E-state index contributed by atoms with van der Waals surface area (Å²) in [5, 5.41) is 8.17. The van der Waals surface area contributed by atoms with Crippen molar-refractivity contribution in [1.29, 1.82) is 0 Å². The molecule has 26 heavy (non-hydrogen) atoms. The van der Waals surface area contributed by atoms with E-state index in [4.69, 9.17) is 0 Å². The van der Waals surface area contributed by atoms with Crippen LogP contribution in [0.5, 0.6) is 0 Å². The van der Waals surface area contributed by atoms with Gasteiger partial charge in [-0.25, -0.2) is 4.98 Å². The zero-order valence-corrected chi connectivity index (χ0v) is 15.2. The number of aromatic nitrogens is 1. The first-order valence-electron chi connectivity index (χ1n) is 8.65. The molecule has 0 radical (unpaired) electrons. The van der Waals surface area contributed by atoms with E-state index in [0.717, 1.165) is 34.7 Å². The lowest BCUT2D eigenvalue weighted by Crippen LogP contribution is -2.35. The van der Waals surface area contributed by atoms with Crippen molar-refractivity contribution in [3.05, 3.63) is 69.3 Å². The Balaban J connectivity index is 1.76. The van der Waals surface area contributed by atoms with Crippen LogP contribution in [0.4, 0.5) is 5.82 Å². The lowest BCUT2D eigenvalue weighted by molar-refractivity contribution is -0.116. The minimum atomic E-state index is -0.317. The number of hydrogen-bond acceptors (Lipinski definition) is 5. The number of hydrogen-bond donors (Lipinski definition) is 2. The summed E-state index contributed by atoms with van der Waals surface area (Å²) in [6, 6.07) is 9.33. The number of amides is 1. The largest absolute Gasteiger partial charge is 0.362 e. The molecule has 2 aromatic rings. The minimum Gasteiger partial charge on any atom is -0.362 e. The Morgan fingerprint density at radius 3 is 2.88 bits per heavy atom. The summed E-state index contributed by atoms with van der Waals surface area (Å²) < 4.78 is 0. The van der Waals surface area contributed by atoms with Crippen LogP contribution in [0.3, 0.4) is 0 Å². The summed E-state index contributed by atoms with van der Waals surface area (Å²) in [6.07, 6.45) is 3.87. The molecule has 5 nitrogen and oxygen atoms in total. The molecular formula is C20H19N3O2S. The van der Waals surface area contributed by atoms with Gasteiger partial charge < -0.3 is 10.6 Å². The number of thiophene rings is 1. The first-order chi connectivity index (χ1) is 12.6. The molecule has 0 saturated carbocycles. The lowest BCUT2D eigenvalue weighted by atomic mass is 9.77. The quantitative estimate of drug-likeness (QED) is 0.869. The number of ketones is 1. The highest BCUT2D eigenvalue weighted by atomic mass is 32.1. The van der Waals surface area contributed by atoms with Gasteiger partial charge in [0.2, 0.25) is 0 Å². The fraction of sp³-hybridized carbons (Fsp3) is 0.250. The van der Waals surface area contributed by atoms with Crippen molar-refractivity contribution in [2.45, 2.75) is 32.1 Å². The van der Waals surface area contributed by atoms with Gasteiger partial charge in [0.05, 0.1) is 5.92 Å². The Labute approximate surface area is 155 Å². The lowest BCUT2D eigenvalue weighted by Gasteiger charge is -2.33. The first-order valence-corrected chi connectivity index (χ1v) is 9.53. The third-order valence-electron chi connectivity index (χ3n) is 4.75. The van der Waals surface area contributed by atoms with E-state index in [9.17, 15) is 9.59 Å². The van der Waals surface area contributed by atoms with E-state index in [-0.39, 0.29) is 17.6 Å². The third-order valence-corrected chi connectivity index (χ3v) is 5.69. The Hall–Kier alpha value is -2.73. The number of dihydropyridines is 1. The number of allylic oxidation sites excluding steroid dienone is 3. The van der Waals surface area contributed by atoms with Crippen molar-refractivity contribution in [2.75, 3.05) is 5.32 Å². The van der Waals surface area contributed by atoms with Crippen LogP contribution in [0.2, 0.25) is 0 Å². The number of carbonyl (C=O) groups is 2. The van der Waals surface area contributed by atoms with E-state index in [1.54, 1.807) is 29.7 Å². The normalized spacial score (nSPS) is 19.9. The SMILES string of the molecule is CC1=C(C(=O)Nc2ccccn2)C(c2cccs2)C2=C(CCCC2=O)N1. The second-order valence-electron chi connectivity index (χ2n) is 6.45. The van der Waals surface area contributed by atoms with Gasteiger partial charge in [0.15, 0.2) is 5.78 Å². The maximum absolute atomic E-state index is 13.1. The fourth-order valence-corrected chi connectivity index (χ4v) is 4.49. The molecule has 2 aromatic heterocycles. The van der Waals surface area contributed by atoms with Gasteiger partial charge in [-0.05, 0) is 43.3 Å². The van der Waals surface area contributed by atoms with E-state index in [1.165, 1.54) is 0 Å². The van der Waals surface area contributed by atoms with Gasteiger partial charge in [0, 0.05) is 40.0 Å². The predicted molar refractivity (Wildman–Crippen MR) is 102 cm³/mol. The maximum atomic E-state index is 13.1. The van der Waals surface area contributed by atoms with E-state index >= 15 is 0 Å². The molecule has 2 aliphatic rings. The summed E-state index contributed by atoms with van der Waals surface area (Å²) >= 11 is 1.57. The van der Waals surface area contributed by atoms with Gasteiger partial charge in [-0.2, -0.15) is 0 Å². The molecule has 1 atom stereocenters. The summed E-state index contributed by atoms with van der Waals surface area (Å²) in [7, 11) is 0. The second-order valence-corrected chi connectivity index (χ2v) is 7.43. The average Bonchev–Trinajstić information content (AvgIpc) is 3.16. The molecule has 0 spiro atoms. The molecule has 1 aliphatic heterocycles. The zero-order valence-electron chi connectivity index (χ0n) is 14.4. The first kappa shape index (κ1) is 16.7. The van der Waals surface area contributed by atoms with Crippen LogP contribution in [0.25, 0.3) is 0 Å². The van der Waals surface area contributed by atoms with Crippen molar-refractivity contribution in [3.8, 4) is 0 Å². The summed E-state index contributed by atoms with van der Waals surface area (Å²) in [5.41, 5.74) is 3.10. The van der Waals surface area contributed by atoms with Crippen LogP contribution >= 0.6 is 11.3 Å². The van der Waals surface area contributed by atoms with Crippen molar-refractivity contribution in [2.24, 2.45) is 0 Å². The number of nitrogens with one attached hydrogen (secondary N) is 2. The molecule has 6 heteroatoms. The smallest absolute Gasteiger partial charge is 0.255 e. The Morgan fingerprint density at radius 2 is 2.15 bits per heavy atom. The average molecular weight is 365 g/mol. The van der Waals surface area contributed by atoms with Gasteiger partial charge in [-0.1, -0.05) is 12.1 Å². The molecule has 0 fully saturated rings. The van der Waals surface area contributed by atoms with Crippen LogP contribution in [-0.4, -0.2) is 16.7 Å². The Morgan fingerprint density at radius 1 is 1.27 bits per heavy atom. The minimum absolute atomic E-state index is 0.132. The van der Waals surface area contributed by atoms with Crippen LogP contribution in [0.1, 0.15) is 37.0 Å². The van der Waals surface area contributed by atoms with E-state index in [1.807, 2.05) is 30.5 Å². The fourth-order valence-electron chi connectivity index (χ4n) is 3.64. The van der Waals surface area contributed by atoms with Gasteiger partial charge in [0.1, 0.15) is 5.82 Å². The topological polar surface area (TPSA) is 71.1 Å². The number of pyridine rings is 1. The molecule has 132 valence electrons. The predicted octanol–water partition coefficient (Wildman–Crippen LogP) is 3.75. The van der Waals surface area contributed by atoms with Crippen LogP contribution < -0.4 is 10.6 Å². The van der Waals surface area contributed by atoms with E-state index in [0.29, 0.717) is 17.8 Å². The number of anilines is 1. The van der Waals surface area contributed by atoms with Gasteiger partial charge in [-0.3, -0.25) is 9.59 Å². The number of nitrogens with zero attached hydrogens (tertiary/aromatic N) is 1. The third kappa shape index (κ3) is 2.97. The van der Waals surface area contributed by atoms with Crippen LogP contribution in [0, 0.1) is 0 Å². The van der Waals surface area contributed by atoms with Crippen molar-refractivity contribution < 1.29 is 9.59 Å². The van der Waals surface area contributed by atoms with Gasteiger partial charge >= 0.3 is 0 Å². The number of Topliss-reactive ketones (excluding diaryl/α,β-unsaturated/α-hetero) is 1. The zero-order chi connectivity index (χ0) is 18.1. The number of carbonyl (C=O) groups excluding carboxylic acids is 2. The van der Waals surface area contributed by atoms with E-state index in [2.05, 4.69) is 15.6 Å². The highest BCUT2D eigenvalue weighted by molar-refractivity contribution is 7.10. The molecule has 1 amide bonds. The van der Waals surface area contributed by atoms with Crippen LogP contribution in [-0.2, 0) is 9.59 Å². The summed E-state index contributed by atoms with van der Waals surface area (Å²) in [5.74, 6) is 0.0880. The maximum Gasteiger partial charge on any atom is 0.255 e. The van der Waals surface area contributed by atoms with E-state index < -0.39 is 0 Å². The van der Waals surface area contributed by atoms with Crippen molar-refractivity contribution in [1.82, 2.24) is 10.3 Å². The molecule has 1 aliphatic carbocycles. The van der Waals surface area contributed by atoms with Gasteiger partial charge in [0.25, 0.3) is 5.91 Å². The second kappa shape index (κ2) is 6.88. The standard InChI is InChI=1S/C20H19N3O2S/c1-12-17(20(25)23-16-9-2-3-10-21-16)19(15-8-5-11-26-15)18-13(22-12)6-4-7-14(18)24/h2-3,5,8-11,19,22H,4,6-7H2,1H3,(H,21,23,25). The van der Waals surface area contributed by atoms with Crippen molar-refractivity contribution >= 4 is 28.8 Å². The molecule has 0 aromatic carbocycles. The molecule has 1 unspecified atom stereocenters. The summed E-state index contributed by atoms with van der Waals surface area (Å²) in [6.45, 7) is 1.90. The molecule has 4 rings (SSSR count). The van der Waals surface area contributed by atoms with Crippen molar-refractivity contribution in [3.63, 3.8) is 0 Å². The van der Waals surface area contributed by atoms with Crippen LogP contribution in [0.15, 0.2) is 64.4 Å². The molecule has 3 heterocycles. The highest BCUT2D eigenvalue weighted by Crippen LogP contribution is 2.43. The Bertz CT molecular complexity index is 914. The molecule has 0 bridgehead atoms. The summed E-state index contributed by atoms with van der Waals surface area (Å²) in [4.78, 5) is 31.0. The molecule has 0 saturated heterocycles. The Kier molecular flexibility index (Phi) is 4.42. The molecule has 2 N–H and O–H groups in total. The highest BCUT2D eigenvalue weighted by Gasteiger charge is 2.38. The monoisotopic (exact) mass is 365 g/mol. The van der Waals surface area contributed by atoms with Gasteiger partial charge in [-0.15, -0.1) is 11.3 Å².